The average molecular weight is 216 g/mol. The van der Waals surface area contributed by atoms with Crippen molar-refractivity contribution in [2.24, 2.45) is 5.41 Å². The number of carboxylic acid groups (broad SMARTS) is 1. The first-order valence-electron chi connectivity index (χ1n) is 5.56. The van der Waals surface area contributed by atoms with E-state index >= 15 is 0 Å². The standard InChI is InChI=1S/C14H16O2/c1-14(2,13(15)16)12-9-5-7-10-6-3-4-8-11(10)12/h3-4,6,8-9H,5,7H2,1-2H3,(H,15,16). The zero-order chi connectivity index (χ0) is 11.8. The van der Waals surface area contributed by atoms with Gasteiger partial charge in [-0.25, -0.2) is 0 Å². The molecule has 16 heavy (non-hydrogen) atoms. The van der Waals surface area contributed by atoms with Crippen molar-refractivity contribution in [3.8, 4) is 0 Å². The molecule has 0 aromatic heterocycles. The SMILES string of the molecule is CC(C)(C(=O)O)C1=CCCc2ccccc21. The van der Waals surface area contributed by atoms with Crippen molar-refractivity contribution < 1.29 is 9.90 Å². The number of rotatable bonds is 2. The van der Waals surface area contributed by atoms with Crippen LogP contribution in [0, 0.1) is 5.41 Å². The van der Waals surface area contributed by atoms with Gasteiger partial charge < -0.3 is 5.11 Å². The van der Waals surface area contributed by atoms with Gasteiger partial charge in [-0.2, -0.15) is 0 Å². The Hall–Kier alpha value is -1.57. The maximum atomic E-state index is 11.3. The molecular weight excluding hydrogens is 200 g/mol. The summed E-state index contributed by atoms with van der Waals surface area (Å²) in [6, 6.07) is 8.08. The van der Waals surface area contributed by atoms with E-state index in [2.05, 4.69) is 12.1 Å². The molecule has 0 amide bonds. The van der Waals surface area contributed by atoms with Crippen LogP contribution < -0.4 is 0 Å². The molecule has 0 aliphatic heterocycles. The maximum absolute atomic E-state index is 11.3. The molecule has 0 saturated carbocycles. The molecule has 1 aliphatic rings. The van der Waals surface area contributed by atoms with Gasteiger partial charge in [0.1, 0.15) is 0 Å². The molecule has 1 aromatic carbocycles. The molecule has 2 nitrogen and oxygen atoms in total. The quantitative estimate of drug-likeness (QED) is 0.824. The number of hydrogen-bond donors (Lipinski definition) is 1. The molecule has 0 unspecified atom stereocenters. The fraction of sp³-hybridized carbons (Fsp3) is 0.357. The minimum absolute atomic E-state index is 0.768. The smallest absolute Gasteiger partial charge is 0.313 e. The predicted molar refractivity (Wildman–Crippen MR) is 64.2 cm³/mol. The minimum Gasteiger partial charge on any atom is -0.481 e. The van der Waals surface area contributed by atoms with E-state index in [-0.39, 0.29) is 0 Å². The molecule has 1 N–H and O–H groups in total. The lowest BCUT2D eigenvalue weighted by molar-refractivity contribution is -0.143. The van der Waals surface area contributed by atoms with Crippen LogP contribution in [0.3, 0.4) is 0 Å². The lowest BCUT2D eigenvalue weighted by Crippen LogP contribution is -2.26. The summed E-state index contributed by atoms with van der Waals surface area (Å²) in [5.41, 5.74) is 2.49. The zero-order valence-electron chi connectivity index (χ0n) is 9.66. The molecule has 2 rings (SSSR count). The van der Waals surface area contributed by atoms with Gasteiger partial charge in [0.15, 0.2) is 0 Å². The number of benzene rings is 1. The molecule has 0 fully saturated rings. The number of carbonyl (C=O) groups is 1. The average Bonchev–Trinajstić information content (AvgIpc) is 2.28. The minimum atomic E-state index is -0.809. The van der Waals surface area contributed by atoms with Crippen molar-refractivity contribution in [3.63, 3.8) is 0 Å². The van der Waals surface area contributed by atoms with Crippen LogP contribution in [-0.2, 0) is 11.2 Å². The molecule has 84 valence electrons. The summed E-state index contributed by atoms with van der Waals surface area (Å²) in [6.07, 6.45) is 4.01. The largest absolute Gasteiger partial charge is 0.481 e. The Balaban J connectivity index is 2.52. The van der Waals surface area contributed by atoms with Crippen molar-refractivity contribution in [1.82, 2.24) is 0 Å². The Kier molecular flexibility index (Phi) is 2.58. The number of fused-ring (bicyclic) bond motifs is 1. The zero-order valence-corrected chi connectivity index (χ0v) is 9.66. The van der Waals surface area contributed by atoms with E-state index in [1.807, 2.05) is 18.2 Å². The molecule has 2 heteroatoms. The Morgan fingerprint density at radius 3 is 2.69 bits per heavy atom. The number of carboxylic acids is 1. The van der Waals surface area contributed by atoms with Gasteiger partial charge in [0.2, 0.25) is 0 Å². The lowest BCUT2D eigenvalue weighted by atomic mass is 9.75. The molecule has 0 radical (unpaired) electrons. The van der Waals surface area contributed by atoms with Crippen LogP contribution in [0.15, 0.2) is 30.3 Å². The van der Waals surface area contributed by atoms with Crippen LogP contribution in [-0.4, -0.2) is 11.1 Å². The van der Waals surface area contributed by atoms with Crippen LogP contribution in [0.25, 0.3) is 5.57 Å². The Labute approximate surface area is 95.6 Å². The second kappa shape index (κ2) is 3.78. The number of hydrogen-bond acceptors (Lipinski definition) is 1. The monoisotopic (exact) mass is 216 g/mol. The van der Waals surface area contributed by atoms with Gasteiger partial charge in [0.05, 0.1) is 5.41 Å². The number of aliphatic carboxylic acids is 1. The summed E-state index contributed by atoms with van der Waals surface area (Å²) in [5.74, 6) is -0.768. The first-order valence-corrected chi connectivity index (χ1v) is 5.56. The topological polar surface area (TPSA) is 37.3 Å². The molecule has 1 aromatic rings. The fourth-order valence-electron chi connectivity index (χ4n) is 2.19. The molecule has 0 bridgehead atoms. The fourth-order valence-corrected chi connectivity index (χ4v) is 2.19. The summed E-state index contributed by atoms with van der Waals surface area (Å²) in [5, 5.41) is 9.28. The van der Waals surface area contributed by atoms with Crippen LogP contribution in [0.5, 0.6) is 0 Å². The first-order chi connectivity index (χ1) is 7.53. The third-order valence-corrected chi connectivity index (χ3v) is 3.28. The van der Waals surface area contributed by atoms with Crippen molar-refractivity contribution in [2.45, 2.75) is 26.7 Å². The predicted octanol–water partition coefficient (Wildman–Crippen LogP) is 3.13. The van der Waals surface area contributed by atoms with Crippen molar-refractivity contribution >= 4 is 11.5 Å². The molecule has 0 atom stereocenters. The molecular formula is C14H16O2. The van der Waals surface area contributed by atoms with Gasteiger partial charge in [-0.3, -0.25) is 4.79 Å². The second-order valence-corrected chi connectivity index (χ2v) is 4.74. The highest BCUT2D eigenvalue weighted by Crippen LogP contribution is 2.39. The summed E-state index contributed by atoms with van der Waals surface area (Å²) in [4.78, 5) is 11.3. The van der Waals surface area contributed by atoms with Crippen LogP contribution in [0.1, 0.15) is 31.4 Å². The highest BCUT2D eigenvalue weighted by atomic mass is 16.4. The van der Waals surface area contributed by atoms with Crippen LogP contribution in [0.2, 0.25) is 0 Å². The summed E-state index contributed by atoms with van der Waals surface area (Å²) in [6.45, 7) is 3.53. The summed E-state index contributed by atoms with van der Waals surface area (Å²) in [7, 11) is 0. The van der Waals surface area contributed by atoms with Gasteiger partial charge >= 0.3 is 5.97 Å². The Morgan fingerprint density at radius 1 is 1.31 bits per heavy atom. The third-order valence-electron chi connectivity index (χ3n) is 3.28. The van der Waals surface area contributed by atoms with Gasteiger partial charge in [-0.1, -0.05) is 30.3 Å². The molecule has 0 spiro atoms. The molecule has 0 heterocycles. The van der Waals surface area contributed by atoms with Gasteiger partial charge in [0, 0.05) is 0 Å². The van der Waals surface area contributed by atoms with Gasteiger partial charge in [-0.05, 0) is 43.4 Å². The van der Waals surface area contributed by atoms with E-state index in [0.717, 1.165) is 24.0 Å². The molecule has 0 saturated heterocycles. The normalized spacial score (nSPS) is 15.2. The van der Waals surface area contributed by atoms with E-state index in [4.69, 9.17) is 0 Å². The van der Waals surface area contributed by atoms with Crippen molar-refractivity contribution in [2.75, 3.05) is 0 Å². The van der Waals surface area contributed by atoms with E-state index in [9.17, 15) is 9.90 Å². The van der Waals surface area contributed by atoms with Crippen LogP contribution in [0.4, 0.5) is 0 Å². The van der Waals surface area contributed by atoms with E-state index in [1.54, 1.807) is 13.8 Å². The van der Waals surface area contributed by atoms with E-state index in [0.29, 0.717) is 0 Å². The third kappa shape index (κ3) is 1.64. The van der Waals surface area contributed by atoms with Crippen LogP contribution >= 0.6 is 0 Å². The molecule has 1 aliphatic carbocycles. The summed E-state index contributed by atoms with van der Waals surface area (Å²) >= 11 is 0. The highest BCUT2D eigenvalue weighted by molar-refractivity contribution is 5.92. The van der Waals surface area contributed by atoms with Gasteiger partial charge in [-0.15, -0.1) is 0 Å². The van der Waals surface area contributed by atoms with Crippen molar-refractivity contribution in [1.29, 1.82) is 0 Å². The Bertz CT molecular complexity index is 456. The van der Waals surface area contributed by atoms with Crippen molar-refractivity contribution in [3.05, 3.63) is 41.5 Å². The van der Waals surface area contributed by atoms with Gasteiger partial charge in [0.25, 0.3) is 0 Å². The first kappa shape index (κ1) is 10.9. The number of allylic oxidation sites excluding steroid dienone is 1. The van der Waals surface area contributed by atoms with E-state index < -0.39 is 11.4 Å². The second-order valence-electron chi connectivity index (χ2n) is 4.74. The lowest BCUT2D eigenvalue weighted by Gasteiger charge is -2.28. The Morgan fingerprint density at radius 2 is 2.00 bits per heavy atom. The maximum Gasteiger partial charge on any atom is 0.313 e. The number of aryl methyl sites for hydroxylation is 1. The summed E-state index contributed by atoms with van der Waals surface area (Å²) < 4.78 is 0. The van der Waals surface area contributed by atoms with E-state index in [1.165, 1.54) is 5.56 Å². The highest BCUT2D eigenvalue weighted by Gasteiger charge is 2.34.